The summed E-state index contributed by atoms with van der Waals surface area (Å²) in [6.07, 6.45) is 2.37. The van der Waals surface area contributed by atoms with Crippen molar-refractivity contribution >= 4 is 21.6 Å². The molecule has 3 nitrogen and oxygen atoms in total. The second-order valence-corrected chi connectivity index (χ2v) is 5.68. The number of halogens is 1. The number of hydrogen-bond donors (Lipinski definition) is 1. The maximum atomic E-state index is 9.11. The Hall–Kier alpha value is -0.580. The van der Waals surface area contributed by atoms with Gasteiger partial charge in [-0.25, -0.2) is 0 Å². The molecule has 0 amide bonds. The summed E-state index contributed by atoms with van der Waals surface area (Å²) in [7, 11) is 1.77. The Bertz CT molecular complexity index is 389. The van der Waals surface area contributed by atoms with E-state index < -0.39 is 0 Å². The molecular weight excluding hydrogens is 294 g/mol. The lowest BCUT2D eigenvalue weighted by Crippen LogP contribution is -2.35. The highest BCUT2D eigenvalue weighted by Crippen LogP contribution is 2.30. The minimum Gasteiger partial charge on any atom is -0.392 e. The molecule has 1 aromatic carbocycles. The minimum atomic E-state index is 0.0921. The predicted octanol–water partition coefficient (Wildman–Crippen LogP) is 2.80. The second-order valence-electron chi connectivity index (χ2n) is 4.83. The maximum absolute atomic E-state index is 9.11. The van der Waals surface area contributed by atoms with E-state index in [4.69, 9.17) is 9.84 Å². The molecular formula is C14H20BrNO2. The van der Waals surface area contributed by atoms with E-state index in [1.54, 1.807) is 7.11 Å². The van der Waals surface area contributed by atoms with E-state index in [1.807, 2.05) is 12.1 Å². The number of aliphatic hydroxyl groups excluding tert-OH is 1. The number of methoxy groups -OCH3 is 1. The normalized spacial score (nSPS) is 17.2. The fourth-order valence-corrected chi connectivity index (χ4v) is 3.16. The summed E-state index contributed by atoms with van der Waals surface area (Å²) >= 11 is 3.59. The van der Waals surface area contributed by atoms with E-state index in [2.05, 4.69) is 26.9 Å². The molecule has 1 fully saturated rings. The predicted molar refractivity (Wildman–Crippen MR) is 76.9 cm³/mol. The fourth-order valence-electron chi connectivity index (χ4n) is 2.48. The van der Waals surface area contributed by atoms with E-state index in [1.165, 1.54) is 18.5 Å². The summed E-state index contributed by atoms with van der Waals surface area (Å²) in [6, 6.07) is 6.07. The Morgan fingerprint density at radius 2 is 2.11 bits per heavy atom. The molecule has 0 unspecified atom stereocenters. The summed E-state index contributed by atoms with van der Waals surface area (Å²) in [4.78, 5) is 2.40. The third-order valence-corrected chi connectivity index (χ3v) is 4.19. The highest BCUT2D eigenvalue weighted by Gasteiger charge is 2.20. The van der Waals surface area contributed by atoms with Crippen LogP contribution in [0.2, 0.25) is 0 Å². The topological polar surface area (TPSA) is 32.7 Å². The lowest BCUT2D eigenvalue weighted by molar-refractivity contribution is 0.139. The van der Waals surface area contributed by atoms with E-state index in [-0.39, 0.29) is 6.61 Å². The van der Waals surface area contributed by atoms with Crippen molar-refractivity contribution in [3.8, 4) is 0 Å². The van der Waals surface area contributed by atoms with Gasteiger partial charge in [-0.05, 0) is 52.4 Å². The average Bonchev–Trinajstić information content (AvgIpc) is 2.40. The monoisotopic (exact) mass is 313 g/mol. The molecule has 100 valence electrons. The van der Waals surface area contributed by atoms with Crippen LogP contribution in [0.25, 0.3) is 0 Å². The standard InChI is InChI=1S/C14H20BrNO2/c1-18-10-11-4-6-16(7-5-11)14-3-2-12(9-17)8-13(14)15/h2-3,8,11,17H,4-7,9-10H2,1H3. The average molecular weight is 314 g/mol. The molecule has 1 heterocycles. The largest absolute Gasteiger partial charge is 0.392 e. The number of rotatable bonds is 4. The van der Waals surface area contributed by atoms with Gasteiger partial charge in [0.15, 0.2) is 0 Å². The van der Waals surface area contributed by atoms with Gasteiger partial charge >= 0.3 is 0 Å². The quantitative estimate of drug-likeness (QED) is 0.927. The van der Waals surface area contributed by atoms with Crippen molar-refractivity contribution in [3.63, 3.8) is 0 Å². The van der Waals surface area contributed by atoms with Crippen LogP contribution in [0.15, 0.2) is 22.7 Å². The van der Waals surface area contributed by atoms with Gasteiger partial charge in [0.25, 0.3) is 0 Å². The molecule has 1 saturated heterocycles. The Balaban J connectivity index is 2.01. The van der Waals surface area contributed by atoms with Gasteiger partial charge in [-0.2, -0.15) is 0 Å². The van der Waals surface area contributed by atoms with Crippen LogP contribution in [0.3, 0.4) is 0 Å². The highest BCUT2D eigenvalue weighted by molar-refractivity contribution is 9.10. The summed E-state index contributed by atoms with van der Waals surface area (Å²) < 4.78 is 6.29. The fraction of sp³-hybridized carbons (Fsp3) is 0.571. The number of anilines is 1. The second kappa shape index (κ2) is 6.55. The molecule has 1 aliphatic rings. The summed E-state index contributed by atoms with van der Waals surface area (Å²) in [5.74, 6) is 0.696. The van der Waals surface area contributed by atoms with Gasteiger partial charge in [-0.15, -0.1) is 0 Å². The van der Waals surface area contributed by atoms with E-state index in [0.717, 1.165) is 29.7 Å². The van der Waals surface area contributed by atoms with Crippen LogP contribution in [0.1, 0.15) is 18.4 Å². The third-order valence-electron chi connectivity index (χ3n) is 3.55. The summed E-state index contributed by atoms with van der Waals surface area (Å²) in [5, 5.41) is 9.11. The van der Waals surface area contributed by atoms with Crippen molar-refractivity contribution in [2.24, 2.45) is 5.92 Å². The smallest absolute Gasteiger partial charge is 0.0682 e. The number of hydrogen-bond acceptors (Lipinski definition) is 3. The van der Waals surface area contributed by atoms with Gasteiger partial charge in [0.1, 0.15) is 0 Å². The van der Waals surface area contributed by atoms with Crippen molar-refractivity contribution in [2.75, 3.05) is 31.7 Å². The van der Waals surface area contributed by atoms with Crippen LogP contribution in [0, 0.1) is 5.92 Å². The molecule has 0 atom stereocenters. The van der Waals surface area contributed by atoms with Gasteiger partial charge in [-0.3, -0.25) is 0 Å². The van der Waals surface area contributed by atoms with Crippen LogP contribution in [-0.2, 0) is 11.3 Å². The number of piperidine rings is 1. The van der Waals surface area contributed by atoms with Crippen LogP contribution in [0.5, 0.6) is 0 Å². The first kappa shape index (κ1) is 13.8. The van der Waals surface area contributed by atoms with Crippen molar-refractivity contribution in [1.29, 1.82) is 0 Å². The van der Waals surface area contributed by atoms with Gasteiger partial charge in [-0.1, -0.05) is 6.07 Å². The van der Waals surface area contributed by atoms with E-state index in [0.29, 0.717) is 5.92 Å². The zero-order chi connectivity index (χ0) is 13.0. The van der Waals surface area contributed by atoms with Crippen LogP contribution in [0.4, 0.5) is 5.69 Å². The molecule has 0 aliphatic carbocycles. The first-order valence-electron chi connectivity index (χ1n) is 6.37. The summed E-state index contributed by atoms with van der Waals surface area (Å²) in [5.41, 5.74) is 2.17. The Morgan fingerprint density at radius 1 is 1.39 bits per heavy atom. The zero-order valence-electron chi connectivity index (χ0n) is 10.7. The van der Waals surface area contributed by atoms with E-state index >= 15 is 0 Å². The Kier molecular flexibility index (Phi) is 5.03. The maximum Gasteiger partial charge on any atom is 0.0682 e. The third kappa shape index (κ3) is 3.25. The first-order chi connectivity index (χ1) is 8.74. The number of ether oxygens (including phenoxy) is 1. The van der Waals surface area contributed by atoms with Gasteiger partial charge in [0, 0.05) is 31.3 Å². The molecule has 0 saturated carbocycles. The Morgan fingerprint density at radius 3 is 2.67 bits per heavy atom. The van der Waals surface area contributed by atoms with Crippen molar-refractivity contribution in [3.05, 3.63) is 28.2 Å². The zero-order valence-corrected chi connectivity index (χ0v) is 12.3. The molecule has 0 bridgehead atoms. The highest BCUT2D eigenvalue weighted by atomic mass is 79.9. The summed E-state index contributed by atoms with van der Waals surface area (Å²) in [6.45, 7) is 3.11. The van der Waals surface area contributed by atoms with Crippen molar-refractivity contribution < 1.29 is 9.84 Å². The molecule has 4 heteroatoms. The first-order valence-corrected chi connectivity index (χ1v) is 7.17. The minimum absolute atomic E-state index is 0.0921. The van der Waals surface area contributed by atoms with Gasteiger partial charge < -0.3 is 14.7 Å². The Labute approximate surface area is 117 Å². The van der Waals surface area contributed by atoms with Gasteiger partial charge in [0.2, 0.25) is 0 Å². The lowest BCUT2D eigenvalue weighted by atomic mass is 9.97. The molecule has 18 heavy (non-hydrogen) atoms. The number of aliphatic hydroxyl groups is 1. The van der Waals surface area contributed by atoms with Gasteiger partial charge in [0.05, 0.1) is 12.3 Å². The number of nitrogens with zero attached hydrogens (tertiary/aromatic N) is 1. The lowest BCUT2D eigenvalue weighted by Gasteiger charge is -2.34. The molecule has 0 aromatic heterocycles. The molecule has 1 aromatic rings. The number of benzene rings is 1. The molecule has 0 spiro atoms. The molecule has 1 aliphatic heterocycles. The van der Waals surface area contributed by atoms with Crippen molar-refractivity contribution in [2.45, 2.75) is 19.4 Å². The van der Waals surface area contributed by atoms with Crippen LogP contribution < -0.4 is 4.90 Å². The van der Waals surface area contributed by atoms with Crippen LogP contribution >= 0.6 is 15.9 Å². The SMILES string of the molecule is COCC1CCN(c2ccc(CO)cc2Br)CC1. The molecule has 0 radical (unpaired) electrons. The molecule has 1 N–H and O–H groups in total. The van der Waals surface area contributed by atoms with Crippen molar-refractivity contribution in [1.82, 2.24) is 0 Å². The molecule has 2 rings (SSSR count). The van der Waals surface area contributed by atoms with Crippen LogP contribution in [-0.4, -0.2) is 31.9 Å². The van der Waals surface area contributed by atoms with E-state index in [9.17, 15) is 0 Å².